The van der Waals surface area contributed by atoms with Crippen LogP contribution in [-0.4, -0.2) is 20.6 Å². The van der Waals surface area contributed by atoms with Gasteiger partial charge in [-0.1, -0.05) is 35.9 Å². The Morgan fingerprint density at radius 1 is 1.13 bits per heavy atom. The molecule has 23 heavy (non-hydrogen) atoms. The Balaban J connectivity index is 2.20. The van der Waals surface area contributed by atoms with Crippen LogP contribution in [0.1, 0.15) is 18.0 Å². The summed E-state index contributed by atoms with van der Waals surface area (Å²) in [5, 5.41) is 3.32. The van der Waals surface area contributed by atoms with Crippen LogP contribution in [0.5, 0.6) is 0 Å². The van der Waals surface area contributed by atoms with E-state index in [1.54, 1.807) is 48.5 Å². The molecule has 1 heterocycles. The molecule has 2 aromatic rings. The molecule has 5 nitrogen and oxygen atoms in total. The molecule has 2 aromatic carbocycles. The number of rotatable bonds is 2. The van der Waals surface area contributed by atoms with Crippen molar-refractivity contribution in [1.29, 1.82) is 0 Å². The molecule has 1 aliphatic heterocycles. The third-order valence-electron chi connectivity index (χ3n) is 3.69. The number of hydrogen-bond acceptors (Lipinski definition) is 3. The van der Waals surface area contributed by atoms with Crippen LogP contribution in [0.3, 0.4) is 0 Å². The van der Waals surface area contributed by atoms with Crippen molar-refractivity contribution in [1.82, 2.24) is 0 Å². The molecule has 1 unspecified atom stereocenters. The third-order valence-corrected chi connectivity index (χ3v) is 5.11. The van der Waals surface area contributed by atoms with Gasteiger partial charge >= 0.3 is 0 Å². The average Bonchev–Trinajstić information content (AvgIpc) is 2.63. The van der Waals surface area contributed by atoms with E-state index in [1.165, 1.54) is 4.31 Å². The molecular weight excluding hydrogens is 336 g/mol. The highest BCUT2D eigenvalue weighted by atomic mass is 35.5. The quantitative estimate of drug-likeness (QED) is 0.904. The van der Waals surface area contributed by atoms with Crippen molar-refractivity contribution in [2.24, 2.45) is 0 Å². The van der Waals surface area contributed by atoms with Crippen LogP contribution in [0.2, 0.25) is 5.02 Å². The van der Waals surface area contributed by atoms with Crippen molar-refractivity contribution >= 4 is 38.9 Å². The molecule has 0 fully saturated rings. The zero-order valence-electron chi connectivity index (χ0n) is 12.4. The fourth-order valence-corrected chi connectivity index (χ4v) is 4.05. The number of carbonyl (C=O) groups is 1. The van der Waals surface area contributed by atoms with E-state index < -0.39 is 16.1 Å². The lowest BCUT2D eigenvalue weighted by molar-refractivity contribution is -0.116. The highest BCUT2D eigenvalue weighted by Gasteiger charge is 2.34. The van der Waals surface area contributed by atoms with E-state index in [1.807, 2.05) is 0 Å². The SMILES string of the molecule is CS(=O)(=O)N1c2ccccc2NC(=O)CC1c1ccc(Cl)cc1. The molecule has 1 amide bonds. The number of nitrogens with one attached hydrogen (secondary N) is 1. The maximum atomic E-state index is 12.4. The Hall–Kier alpha value is -2.05. The first-order chi connectivity index (χ1) is 10.9. The van der Waals surface area contributed by atoms with Crippen molar-refractivity contribution in [3.63, 3.8) is 0 Å². The maximum Gasteiger partial charge on any atom is 0.232 e. The van der Waals surface area contributed by atoms with Crippen molar-refractivity contribution in [2.45, 2.75) is 12.5 Å². The predicted molar refractivity (Wildman–Crippen MR) is 91.2 cm³/mol. The van der Waals surface area contributed by atoms with E-state index in [2.05, 4.69) is 5.32 Å². The fraction of sp³-hybridized carbons (Fsp3) is 0.188. The topological polar surface area (TPSA) is 66.5 Å². The summed E-state index contributed by atoms with van der Waals surface area (Å²) < 4.78 is 26.1. The van der Waals surface area contributed by atoms with Gasteiger partial charge in [-0.3, -0.25) is 9.10 Å². The molecular formula is C16H15ClN2O3S. The molecule has 0 spiro atoms. The first kappa shape index (κ1) is 15.8. The van der Waals surface area contributed by atoms with Crippen LogP contribution in [0, 0.1) is 0 Å². The summed E-state index contributed by atoms with van der Waals surface area (Å²) in [6.45, 7) is 0. The van der Waals surface area contributed by atoms with Gasteiger partial charge in [0.2, 0.25) is 15.9 Å². The van der Waals surface area contributed by atoms with Crippen molar-refractivity contribution in [3.05, 3.63) is 59.1 Å². The molecule has 0 aliphatic carbocycles. The van der Waals surface area contributed by atoms with E-state index in [-0.39, 0.29) is 12.3 Å². The predicted octanol–water partition coefficient (Wildman–Crippen LogP) is 3.19. The molecule has 0 bridgehead atoms. The molecule has 120 valence electrons. The summed E-state index contributed by atoms with van der Waals surface area (Å²) in [5.74, 6) is -0.233. The van der Waals surface area contributed by atoms with Crippen molar-refractivity contribution < 1.29 is 13.2 Å². The third kappa shape index (κ3) is 3.18. The van der Waals surface area contributed by atoms with Gasteiger partial charge in [-0.05, 0) is 29.8 Å². The summed E-state index contributed by atoms with van der Waals surface area (Å²) in [6.07, 6.45) is 1.17. The van der Waals surface area contributed by atoms with Crippen LogP contribution in [0.15, 0.2) is 48.5 Å². The molecule has 0 saturated heterocycles. The van der Waals surface area contributed by atoms with Gasteiger partial charge in [0, 0.05) is 5.02 Å². The number of fused-ring (bicyclic) bond motifs is 1. The van der Waals surface area contributed by atoms with Gasteiger partial charge < -0.3 is 5.32 Å². The lowest BCUT2D eigenvalue weighted by Crippen LogP contribution is -2.34. The Bertz CT molecular complexity index is 850. The Morgan fingerprint density at radius 3 is 2.43 bits per heavy atom. The van der Waals surface area contributed by atoms with E-state index in [9.17, 15) is 13.2 Å². The molecule has 7 heteroatoms. The molecule has 0 radical (unpaired) electrons. The second kappa shape index (κ2) is 5.86. The highest BCUT2D eigenvalue weighted by Crippen LogP contribution is 2.39. The molecule has 1 N–H and O–H groups in total. The van der Waals surface area contributed by atoms with Gasteiger partial charge in [0.05, 0.1) is 30.1 Å². The van der Waals surface area contributed by atoms with Gasteiger partial charge in [-0.2, -0.15) is 0 Å². The summed E-state index contributed by atoms with van der Waals surface area (Å²) in [7, 11) is -3.59. The number of carbonyl (C=O) groups excluding carboxylic acids is 1. The van der Waals surface area contributed by atoms with E-state index in [4.69, 9.17) is 11.6 Å². The largest absolute Gasteiger partial charge is 0.324 e. The molecule has 3 rings (SSSR count). The Morgan fingerprint density at radius 2 is 1.78 bits per heavy atom. The zero-order valence-corrected chi connectivity index (χ0v) is 13.9. The van der Waals surface area contributed by atoms with Crippen LogP contribution < -0.4 is 9.62 Å². The molecule has 1 aliphatic rings. The summed E-state index contributed by atoms with van der Waals surface area (Å²) >= 11 is 5.91. The van der Waals surface area contributed by atoms with Crippen LogP contribution in [0.4, 0.5) is 11.4 Å². The number of nitrogens with zero attached hydrogens (tertiary/aromatic N) is 1. The van der Waals surface area contributed by atoms with E-state index in [0.29, 0.717) is 22.0 Å². The number of para-hydroxylation sites is 2. The lowest BCUT2D eigenvalue weighted by atomic mass is 10.0. The van der Waals surface area contributed by atoms with Gasteiger partial charge in [0.1, 0.15) is 0 Å². The number of hydrogen-bond donors (Lipinski definition) is 1. The van der Waals surface area contributed by atoms with Crippen LogP contribution >= 0.6 is 11.6 Å². The lowest BCUT2D eigenvalue weighted by Gasteiger charge is -2.30. The van der Waals surface area contributed by atoms with Crippen LogP contribution in [-0.2, 0) is 14.8 Å². The average molecular weight is 351 g/mol. The van der Waals surface area contributed by atoms with Gasteiger partial charge in [-0.15, -0.1) is 0 Å². The Kier molecular flexibility index (Phi) is 4.04. The normalized spacial score (nSPS) is 18.1. The van der Waals surface area contributed by atoms with Crippen LogP contribution in [0.25, 0.3) is 0 Å². The number of amides is 1. The highest BCUT2D eigenvalue weighted by molar-refractivity contribution is 7.92. The molecule has 1 atom stereocenters. The number of anilines is 2. The minimum absolute atomic E-state index is 0.0311. The summed E-state index contributed by atoms with van der Waals surface area (Å²) in [6, 6.07) is 13.1. The molecule has 0 saturated carbocycles. The minimum Gasteiger partial charge on any atom is -0.324 e. The monoisotopic (exact) mass is 350 g/mol. The van der Waals surface area contributed by atoms with Gasteiger partial charge in [-0.25, -0.2) is 8.42 Å². The zero-order chi connectivity index (χ0) is 16.6. The second-order valence-corrected chi connectivity index (χ2v) is 7.69. The minimum atomic E-state index is -3.59. The van der Waals surface area contributed by atoms with Crippen molar-refractivity contribution in [2.75, 3.05) is 15.9 Å². The summed E-state index contributed by atoms with van der Waals surface area (Å²) in [5.41, 5.74) is 1.66. The number of halogens is 1. The van der Waals surface area contributed by atoms with Gasteiger partial charge in [0.25, 0.3) is 0 Å². The summed E-state index contributed by atoms with van der Waals surface area (Å²) in [4.78, 5) is 12.2. The standard InChI is InChI=1S/C16H15ClN2O3S/c1-23(21,22)19-14-5-3-2-4-13(14)18-16(20)10-15(19)11-6-8-12(17)9-7-11/h2-9,15H,10H2,1H3,(H,18,20). The van der Waals surface area contributed by atoms with Gasteiger partial charge in [0.15, 0.2) is 0 Å². The van der Waals surface area contributed by atoms with E-state index >= 15 is 0 Å². The smallest absolute Gasteiger partial charge is 0.232 e. The van der Waals surface area contributed by atoms with E-state index in [0.717, 1.165) is 6.26 Å². The molecule has 0 aromatic heterocycles. The van der Waals surface area contributed by atoms with Crippen molar-refractivity contribution in [3.8, 4) is 0 Å². The number of sulfonamides is 1. The maximum absolute atomic E-state index is 12.4. The fourth-order valence-electron chi connectivity index (χ4n) is 2.75. The number of benzene rings is 2. The first-order valence-corrected chi connectivity index (χ1v) is 9.22. The Labute approximate surface area is 139 Å². The first-order valence-electron chi connectivity index (χ1n) is 7.00. The second-order valence-electron chi connectivity index (χ2n) is 5.40.